The number of nitrogens with zero attached hydrogens (tertiary/aromatic N) is 2. The molecule has 0 unspecified atom stereocenters. The number of thiazole rings is 1. The Hall–Kier alpha value is -2.46. The summed E-state index contributed by atoms with van der Waals surface area (Å²) < 4.78 is 2.07. The fraction of sp³-hybridized carbons (Fsp3) is 0.111. The molecule has 1 amide bonds. The monoisotopic (exact) mass is 308 g/mol. The summed E-state index contributed by atoms with van der Waals surface area (Å²) in [5.41, 5.74) is 2.83. The lowest BCUT2D eigenvalue weighted by molar-refractivity contribution is 0.0998. The van der Waals surface area contributed by atoms with Gasteiger partial charge in [-0.1, -0.05) is 48.5 Å². The minimum Gasteiger partial charge on any atom is -0.317 e. The van der Waals surface area contributed by atoms with Gasteiger partial charge >= 0.3 is 0 Å². The Morgan fingerprint density at radius 2 is 1.68 bits per heavy atom. The molecule has 0 radical (unpaired) electrons. The molecular weight excluding hydrogens is 292 g/mol. The number of carbonyl (C=O) groups excluding carboxylic acids is 1. The Balaban J connectivity index is 2.04. The summed E-state index contributed by atoms with van der Waals surface area (Å²) in [6.45, 7) is 2.83. The normalized spacial score (nSPS) is 11.6. The van der Waals surface area contributed by atoms with Crippen molar-refractivity contribution < 1.29 is 4.79 Å². The first kappa shape index (κ1) is 14.5. The third-order valence-electron chi connectivity index (χ3n) is 3.40. The molecule has 3 aromatic rings. The van der Waals surface area contributed by atoms with Gasteiger partial charge in [-0.25, -0.2) is 0 Å². The van der Waals surface area contributed by atoms with E-state index < -0.39 is 0 Å². The first-order chi connectivity index (χ1) is 10.8. The number of hydrogen-bond acceptors (Lipinski definition) is 2. The van der Waals surface area contributed by atoms with Crippen molar-refractivity contribution in [2.24, 2.45) is 4.99 Å². The zero-order valence-electron chi connectivity index (χ0n) is 12.3. The smallest absolute Gasteiger partial charge is 0.279 e. The van der Waals surface area contributed by atoms with Crippen LogP contribution in [-0.2, 0) is 6.54 Å². The van der Waals surface area contributed by atoms with E-state index in [1.165, 1.54) is 11.3 Å². The molecular formula is C18H16N2OS. The van der Waals surface area contributed by atoms with Gasteiger partial charge in [-0.05, 0) is 24.6 Å². The lowest BCUT2D eigenvalue weighted by Crippen LogP contribution is -2.17. The molecule has 4 heteroatoms. The van der Waals surface area contributed by atoms with Crippen LogP contribution in [0.1, 0.15) is 17.3 Å². The Morgan fingerprint density at radius 3 is 2.32 bits per heavy atom. The van der Waals surface area contributed by atoms with Gasteiger partial charge in [0, 0.05) is 17.5 Å². The van der Waals surface area contributed by atoms with E-state index in [9.17, 15) is 4.79 Å². The van der Waals surface area contributed by atoms with E-state index in [1.54, 1.807) is 12.1 Å². The molecule has 22 heavy (non-hydrogen) atoms. The van der Waals surface area contributed by atoms with Gasteiger partial charge in [0.15, 0.2) is 4.80 Å². The molecule has 0 atom stereocenters. The van der Waals surface area contributed by atoms with Gasteiger partial charge in [0.05, 0.1) is 5.69 Å². The van der Waals surface area contributed by atoms with Crippen molar-refractivity contribution in [2.75, 3.05) is 0 Å². The Bertz CT molecular complexity index is 832. The molecule has 2 aromatic carbocycles. The average Bonchev–Trinajstić information content (AvgIpc) is 2.99. The van der Waals surface area contributed by atoms with Crippen LogP contribution in [0.2, 0.25) is 0 Å². The van der Waals surface area contributed by atoms with Crippen LogP contribution in [-0.4, -0.2) is 10.5 Å². The predicted octanol–water partition coefficient (Wildman–Crippen LogP) is 3.98. The maximum absolute atomic E-state index is 12.3. The van der Waals surface area contributed by atoms with Crippen LogP contribution in [0, 0.1) is 0 Å². The summed E-state index contributed by atoms with van der Waals surface area (Å²) in [4.78, 5) is 17.3. The molecule has 0 fully saturated rings. The van der Waals surface area contributed by atoms with Crippen molar-refractivity contribution in [3.8, 4) is 11.3 Å². The second-order valence-electron chi connectivity index (χ2n) is 4.80. The molecule has 110 valence electrons. The zero-order chi connectivity index (χ0) is 15.4. The van der Waals surface area contributed by atoms with Crippen LogP contribution in [0.3, 0.4) is 0 Å². The molecule has 1 heterocycles. The highest BCUT2D eigenvalue weighted by Gasteiger charge is 2.08. The summed E-state index contributed by atoms with van der Waals surface area (Å²) in [5, 5.41) is 2.05. The van der Waals surface area contributed by atoms with Gasteiger partial charge < -0.3 is 4.57 Å². The average molecular weight is 308 g/mol. The molecule has 3 rings (SSSR count). The first-order valence-electron chi connectivity index (χ1n) is 7.17. The Labute approximate surface area is 133 Å². The zero-order valence-corrected chi connectivity index (χ0v) is 13.1. The molecule has 0 aliphatic rings. The molecule has 3 nitrogen and oxygen atoms in total. The summed E-state index contributed by atoms with van der Waals surface area (Å²) >= 11 is 1.49. The topological polar surface area (TPSA) is 34.4 Å². The van der Waals surface area contributed by atoms with Crippen molar-refractivity contribution in [3.05, 3.63) is 76.4 Å². The largest absolute Gasteiger partial charge is 0.317 e. The Morgan fingerprint density at radius 1 is 1.05 bits per heavy atom. The summed E-state index contributed by atoms with van der Waals surface area (Å²) in [6, 6.07) is 19.3. The second-order valence-corrected chi connectivity index (χ2v) is 5.63. The fourth-order valence-corrected chi connectivity index (χ4v) is 3.27. The molecule has 0 bridgehead atoms. The van der Waals surface area contributed by atoms with Crippen LogP contribution in [0.5, 0.6) is 0 Å². The van der Waals surface area contributed by atoms with Crippen LogP contribution in [0.4, 0.5) is 0 Å². The minimum atomic E-state index is -0.204. The van der Waals surface area contributed by atoms with E-state index in [2.05, 4.69) is 34.0 Å². The van der Waals surface area contributed by atoms with Gasteiger partial charge in [-0.15, -0.1) is 11.3 Å². The third kappa shape index (κ3) is 2.92. The van der Waals surface area contributed by atoms with E-state index in [0.717, 1.165) is 22.6 Å². The SMILES string of the molecule is CCn1c(-c2ccccc2)cs/c1=N/C(=O)c1ccccc1. The molecule has 1 aromatic heterocycles. The maximum Gasteiger partial charge on any atom is 0.279 e. The molecule has 0 saturated carbocycles. The van der Waals surface area contributed by atoms with Gasteiger partial charge in [0.1, 0.15) is 0 Å². The summed E-state index contributed by atoms with van der Waals surface area (Å²) in [6.07, 6.45) is 0. The lowest BCUT2D eigenvalue weighted by Gasteiger charge is -2.05. The highest BCUT2D eigenvalue weighted by Crippen LogP contribution is 2.19. The van der Waals surface area contributed by atoms with E-state index in [-0.39, 0.29) is 5.91 Å². The van der Waals surface area contributed by atoms with E-state index in [0.29, 0.717) is 5.56 Å². The van der Waals surface area contributed by atoms with Crippen LogP contribution >= 0.6 is 11.3 Å². The molecule has 0 aliphatic heterocycles. The van der Waals surface area contributed by atoms with E-state index in [4.69, 9.17) is 0 Å². The van der Waals surface area contributed by atoms with Gasteiger partial charge in [0.2, 0.25) is 0 Å². The minimum absolute atomic E-state index is 0.204. The summed E-state index contributed by atoms with van der Waals surface area (Å²) in [7, 11) is 0. The van der Waals surface area contributed by atoms with Crippen LogP contribution in [0.25, 0.3) is 11.3 Å². The fourth-order valence-electron chi connectivity index (χ4n) is 2.30. The van der Waals surface area contributed by atoms with Gasteiger partial charge in [-0.3, -0.25) is 4.79 Å². The van der Waals surface area contributed by atoms with Crippen molar-refractivity contribution in [1.29, 1.82) is 0 Å². The highest BCUT2D eigenvalue weighted by molar-refractivity contribution is 7.07. The van der Waals surface area contributed by atoms with Gasteiger partial charge in [-0.2, -0.15) is 4.99 Å². The van der Waals surface area contributed by atoms with Crippen molar-refractivity contribution in [3.63, 3.8) is 0 Å². The number of aromatic nitrogens is 1. The standard InChI is InChI=1S/C18H16N2OS/c1-2-20-16(14-9-5-3-6-10-14)13-22-18(20)19-17(21)15-11-7-4-8-12-15/h3-13H,2H2,1H3/b19-18+. The lowest BCUT2D eigenvalue weighted by atomic mass is 10.2. The quantitative estimate of drug-likeness (QED) is 0.720. The van der Waals surface area contributed by atoms with Crippen LogP contribution < -0.4 is 4.80 Å². The maximum atomic E-state index is 12.3. The molecule has 0 N–H and O–H groups in total. The van der Waals surface area contributed by atoms with Crippen molar-refractivity contribution in [1.82, 2.24) is 4.57 Å². The Kier molecular flexibility index (Phi) is 4.30. The molecule has 0 spiro atoms. The molecule has 0 saturated heterocycles. The van der Waals surface area contributed by atoms with E-state index >= 15 is 0 Å². The highest BCUT2D eigenvalue weighted by atomic mass is 32.1. The van der Waals surface area contributed by atoms with Crippen molar-refractivity contribution in [2.45, 2.75) is 13.5 Å². The number of benzene rings is 2. The third-order valence-corrected chi connectivity index (χ3v) is 4.26. The molecule has 0 aliphatic carbocycles. The number of hydrogen-bond donors (Lipinski definition) is 0. The number of amides is 1. The predicted molar refractivity (Wildman–Crippen MR) is 89.8 cm³/mol. The number of rotatable bonds is 3. The van der Waals surface area contributed by atoms with Gasteiger partial charge in [0.25, 0.3) is 5.91 Å². The van der Waals surface area contributed by atoms with E-state index in [1.807, 2.05) is 36.4 Å². The number of carbonyl (C=O) groups is 1. The second kappa shape index (κ2) is 6.54. The first-order valence-corrected chi connectivity index (χ1v) is 8.05. The summed E-state index contributed by atoms with van der Waals surface area (Å²) in [5.74, 6) is -0.204. The van der Waals surface area contributed by atoms with Crippen LogP contribution in [0.15, 0.2) is 71.0 Å². The van der Waals surface area contributed by atoms with Crippen molar-refractivity contribution >= 4 is 17.2 Å².